The lowest BCUT2D eigenvalue weighted by Crippen LogP contribution is -2.38. The molecule has 1 fully saturated rings. The molecule has 2 N–H and O–H groups in total. The van der Waals surface area contributed by atoms with Crippen LogP contribution in [-0.2, 0) is 16.0 Å². The topological polar surface area (TPSA) is 58.6 Å². The quantitative estimate of drug-likeness (QED) is 0.863. The van der Waals surface area contributed by atoms with E-state index in [4.69, 9.17) is 4.74 Å². The van der Waals surface area contributed by atoms with E-state index in [0.29, 0.717) is 6.61 Å². The number of benzene rings is 1. The third-order valence-electron chi connectivity index (χ3n) is 3.82. The molecule has 0 bridgehead atoms. The van der Waals surface area contributed by atoms with Gasteiger partial charge in [0.2, 0.25) is 5.91 Å². The Morgan fingerprint density at radius 1 is 1.45 bits per heavy atom. The first kappa shape index (κ1) is 15.0. The van der Waals surface area contributed by atoms with Crippen LogP contribution in [0.25, 0.3) is 0 Å². The minimum atomic E-state index is -0.338. The van der Waals surface area contributed by atoms with Crippen LogP contribution in [0.15, 0.2) is 24.3 Å². The number of aliphatic hydroxyl groups excluding tert-OH is 1. The Kier molecular flexibility index (Phi) is 5.56. The van der Waals surface area contributed by atoms with Crippen molar-refractivity contribution in [3.8, 4) is 0 Å². The maximum Gasteiger partial charge on any atom is 0.226 e. The van der Waals surface area contributed by atoms with E-state index in [1.807, 2.05) is 24.3 Å². The Morgan fingerprint density at radius 3 is 2.75 bits per heavy atom. The number of carbonyl (C=O) groups excluding carboxylic acids is 1. The van der Waals surface area contributed by atoms with Crippen molar-refractivity contribution in [1.82, 2.24) is 5.32 Å². The van der Waals surface area contributed by atoms with E-state index in [0.717, 1.165) is 31.4 Å². The van der Waals surface area contributed by atoms with Crippen molar-refractivity contribution in [3.63, 3.8) is 0 Å². The predicted molar refractivity (Wildman–Crippen MR) is 77.3 cm³/mol. The fourth-order valence-corrected chi connectivity index (χ4v) is 2.46. The highest BCUT2D eigenvalue weighted by Crippen LogP contribution is 2.18. The highest BCUT2D eigenvalue weighted by atomic mass is 16.5. The van der Waals surface area contributed by atoms with Gasteiger partial charge < -0.3 is 15.2 Å². The van der Waals surface area contributed by atoms with Gasteiger partial charge in [0, 0.05) is 6.61 Å². The molecular formula is C16H23NO3. The van der Waals surface area contributed by atoms with E-state index < -0.39 is 0 Å². The standard InChI is InChI=1S/C16H23NO3/c1-2-12-5-7-13(8-6-12)15(10-18)17-16(19)14-4-3-9-20-11-14/h5-8,14-15,18H,2-4,9-11H2,1H3,(H,17,19). The van der Waals surface area contributed by atoms with Crippen LogP contribution < -0.4 is 5.32 Å². The zero-order valence-corrected chi connectivity index (χ0v) is 12.0. The molecule has 20 heavy (non-hydrogen) atoms. The molecule has 0 aliphatic carbocycles. The summed E-state index contributed by atoms with van der Waals surface area (Å²) in [7, 11) is 0. The SMILES string of the molecule is CCc1ccc(C(CO)NC(=O)C2CCCOC2)cc1. The fraction of sp³-hybridized carbons (Fsp3) is 0.562. The number of rotatable bonds is 5. The smallest absolute Gasteiger partial charge is 0.226 e. The van der Waals surface area contributed by atoms with Crippen molar-refractivity contribution in [1.29, 1.82) is 0 Å². The number of nitrogens with one attached hydrogen (secondary N) is 1. The summed E-state index contributed by atoms with van der Waals surface area (Å²) in [6.45, 7) is 3.23. The molecule has 0 radical (unpaired) electrons. The molecule has 4 nitrogen and oxygen atoms in total. The number of aliphatic hydroxyl groups is 1. The van der Waals surface area contributed by atoms with Crippen LogP contribution in [-0.4, -0.2) is 30.8 Å². The molecule has 0 saturated carbocycles. The first-order valence-corrected chi connectivity index (χ1v) is 7.32. The monoisotopic (exact) mass is 277 g/mol. The van der Waals surface area contributed by atoms with Gasteiger partial charge >= 0.3 is 0 Å². The highest BCUT2D eigenvalue weighted by molar-refractivity contribution is 5.79. The normalized spacial score (nSPS) is 20.4. The molecule has 0 spiro atoms. The molecule has 1 aromatic rings. The van der Waals surface area contributed by atoms with Crippen molar-refractivity contribution in [2.75, 3.05) is 19.8 Å². The van der Waals surface area contributed by atoms with Crippen molar-refractivity contribution in [3.05, 3.63) is 35.4 Å². The predicted octanol–water partition coefficient (Wildman–Crippen LogP) is 1.83. The van der Waals surface area contributed by atoms with Crippen molar-refractivity contribution in [2.45, 2.75) is 32.2 Å². The molecule has 1 saturated heterocycles. The molecule has 1 aromatic carbocycles. The molecule has 2 rings (SSSR count). The van der Waals surface area contributed by atoms with E-state index in [2.05, 4.69) is 12.2 Å². The first-order valence-electron chi connectivity index (χ1n) is 7.32. The minimum absolute atomic E-state index is 0.0247. The number of amides is 1. The fourth-order valence-electron chi connectivity index (χ4n) is 2.46. The van der Waals surface area contributed by atoms with E-state index in [1.54, 1.807) is 0 Å². The van der Waals surface area contributed by atoms with Gasteiger partial charge in [-0.15, -0.1) is 0 Å². The van der Waals surface area contributed by atoms with Gasteiger partial charge in [0.25, 0.3) is 0 Å². The van der Waals surface area contributed by atoms with Gasteiger partial charge in [-0.2, -0.15) is 0 Å². The lowest BCUT2D eigenvalue weighted by atomic mass is 9.99. The van der Waals surface area contributed by atoms with Gasteiger partial charge in [0.15, 0.2) is 0 Å². The van der Waals surface area contributed by atoms with E-state index in [-0.39, 0.29) is 24.5 Å². The zero-order chi connectivity index (χ0) is 14.4. The first-order chi connectivity index (χ1) is 9.74. The average molecular weight is 277 g/mol. The number of carbonyl (C=O) groups is 1. The molecule has 2 unspecified atom stereocenters. The van der Waals surface area contributed by atoms with Gasteiger partial charge in [0.1, 0.15) is 0 Å². The molecule has 2 atom stereocenters. The van der Waals surface area contributed by atoms with Crippen LogP contribution in [0.1, 0.15) is 36.9 Å². The van der Waals surface area contributed by atoms with Gasteiger partial charge in [-0.05, 0) is 30.4 Å². The summed E-state index contributed by atoms with van der Waals surface area (Å²) in [4.78, 5) is 12.2. The lowest BCUT2D eigenvalue weighted by molar-refractivity contribution is -0.130. The van der Waals surface area contributed by atoms with Crippen LogP contribution in [0.3, 0.4) is 0 Å². The molecule has 0 aromatic heterocycles. The Labute approximate surface area is 120 Å². The summed E-state index contributed by atoms with van der Waals surface area (Å²) in [5.41, 5.74) is 2.19. The Hall–Kier alpha value is -1.39. The van der Waals surface area contributed by atoms with Crippen LogP contribution in [0.2, 0.25) is 0 Å². The van der Waals surface area contributed by atoms with Gasteiger partial charge in [-0.1, -0.05) is 31.2 Å². The third kappa shape index (κ3) is 3.81. The summed E-state index contributed by atoms with van der Waals surface area (Å²) in [5.74, 6) is -0.115. The molecule has 1 amide bonds. The molecule has 1 aliphatic heterocycles. The van der Waals surface area contributed by atoms with E-state index >= 15 is 0 Å². The summed E-state index contributed by atoms with van der Waals surface area (Å²) in [5, 5.41) is 12.4. The van der Waals surface area contributed by atoms with Crippen molar-refractivity contribution < 1.29 is 14.6 Å². The highest BCUT2D eigenvalue weighted by Gasteiger charge is 2.24. The summed E-state index contributed by atoms with van der Waals surface area (Å²) >= 11 is 0. The third-order valence-corrected chi connectivity index (χ3v) is 3.82. The largest absolute Gasteiger partial charge is 0.394 e. The lowest BCUT2D eigenvalue weighted by Gasteiger charge is -2.24. The minimum Gasteiger partial charge on any atom is -0.394 e. The van der Waals surface area contributed by atoms with Crippen molar-refractivity contribution >= 4 is 5.91 Å². The number of hydrogen-bond acceptors (Lipinski definition) is 3. The maximum atomic E-state index is 12.2. The van der Waals surface area contributed by atoms with Gasteiger partial charge in [0.05, 0.1) is 25.2 Å². The number of ether oxygens (including phenoxy) is 1. The van der Waals surface area contributed by atoms with Crippen molar-refractivity contribution in [2.24, 2.45) is 5.92 Å². The summed E-state index contributed by atoms with van der Waals surface area (Å²) in [6.07, 6.45) is 2.77. The van der Waals surface area contributed by atoms with Crippen LogP contribution in [0.5, 0.6) is 0 Å². The van der Waals surface area contributed by atoms with Gasteiger partial charge in [-0.3, -0.25) is 4.79 Å². The van der Waals surface area contributed by atoms with Crippen LogP contribution >= 0.6 is 0 Å². The second-order valence-electron chi connectivity index (χ2n) is 5.25. The second-order valence-corrected chi connectivity index (χ2v) is 5.25. The second kappa shape index (κ2) is 7.41. The number of aryl methyl sites for hydroxylation is 1. The maximum absolute atomic E-state index is 12.2. The van der Waals surface area contributed by atoms with Gasteiger partial charge in [-0.25, -0.2) is 0 Å². The van der Waals surface area contributed by atoms with Crippen LogP contribution in [0, 0.1) is 5.92 Å². The van der Waals surface area contributed by atoms with E-state index in [9.17, 15) is 9.90 Å². The van der Waals surface area contributed by atoms with E-state index in [1.165, 1.54) is 5.56 Å². The summed E-state index contributed by atoms with van der Waals surface area (Å²) < 4.78 is 5.33. The average Bonchev–Trinajstić information content (AvgIpc) is 2.53. The Morgan fingerprint density at radius 2 is 2.20 bits per heavy atom. The Bertz CT molecular complexity index is 424. The molecule has 1 heterocycles. The molecule has 4 heteroatoms. The van der Waals surface area contributed by atoms with Crippen LogP contribution in [0.4, 0.5) is 0 Å². The summed E-state index contributed by atoms with van der Waals surface area (Å²) in [6, 6.07) is 7.67. The zero-order valence-electron chi connectivity index (χ0n) is 12.0. The molecule has 110 valence electrons. The molecular weight excluding hydrogens is 254 g/mol. The Balaban J connectivity index is 1.98. The number of hydrogen-bond donors (Lipinski definition) is 2. The molecule has 1 aliphatic rings.